The number of carbonyl (C=O) groups is 2. The molecule has 1 aromatic rings. The molecule has 0 aromatic heterocycles. The van der Waals surface area contributed by atoms with Gasteiger partial charge in [0.05, 0.1) is 0 Å². The van der Waals surface area contributed by atoms with Crippen LogP contribution in [0.2, 0.25) is 0 Å². The van der Waals surface area contributed by atoms with Crippen molar-refractivity contribution in [2.75, 3.05) is 26.2 Å². The van der Waals surface area contributed by atoms with Crippen molar-refractivity contribution in [2.24, 2.45) is 5.41 Å². The van der Waals surface area contributed by atoms with Crippen LogP contribution in [0.4, 0.5) is 0 Å². The average Bonchev–Trinajstić information content (AvgIpc) is 3.05. The Balaban J connectivity index is 1.82. The molecule has 24 heavy (non-hydrogen) atoms. The Morgan fingerprint density at radius 3 is 2.50 bits per heavy atom. The molecule has 1 heterocycles. The molecule has 0 unspecified atom stereocenters. The molecular weight excluding hydrogens is 302 g/mol. The number of rotatable bonds is 6. The van der Waals surface area contributed by atoms with Crippen LogP contribution in [-0.2, 0) is 11.3 Å². The third-order valence-corrected chi connectivity index (χ3v) is 4.24. The minimum Gasteiger partial charge on any atom is -0.352 e. The molecular formula is C19H29N3O2. The predicted octanol–water partition coefficient (Wildman–Crippen LogP) is 2.17. The molecule has 0 atom stereocenters. The highest BCUT2D eigenvalue weighted by atomic mass is 16.2. The maximum Gasteiger partial charge on any atom is 0.251 e. The van der Waals surface area contributed by atoms with E-state index < -0.39 is 5.41 Å². The summed E-state index contributed by atoms with van der Waals surface area (Å²) in [4.78, 5) is 26.6. The third kappa shape index (κ3) is 5.64. The van der Waals surface area contributed by atoms with E-state index in [2.05, 4.69) is 15.5 Å². The average molecular weight is 331 g/mol. The van der Waals surface area contributed by atoms with E-state index >= 15 is 0 Å². The molecule has 0 aliphatic carbocycles. The zero-order chi connectivity index (χ0) is 17.6. The summed E-state index contributed by atoms with van der Waals surface area (Å²) in [7, 11) is 0. The van der Waals surface area contributed by atoms with Gasteiger partial charge in [-0.2, -0.15) is 0 Å². The second kappa shape index (κ2) is 8.29. The maximum atomic E-state index is 12.3. The van der Waals surface area contributed by atoms with Crippen LogP contribution in [0.3, 0.4) is 0 Å². The lowest BCUT2D eigenvalue weighted by Crippen LogP contribution is -2.34. The van der Waals surface area contributed by atoms with E-state index in [1.54, 1.807) is 6.07 Å². The molecule has 1 aromatic carbocycles. The van der Waals surface area contributed by atoms with Crippen molar-refractivity contribution in [2.45, 2.75) is 40.2 Å². The van der Waals surface area contributed by atoms with E-state index in [4.69, 9.17) is 0 Å². The van der Waals surface area contributed by atoms with Gasteiger partial charge in [-0.1, -0.05) is 32.9 Å². The van der Waals surface area contributed by atoms with Gasteiger partial charge in [0.25, 0.3) is 5.91 Å². The number of carbonyl (C=O) groups excluding carboxylic acids is 2. The maximum absolute atomic E-state index is 12.3. The fourth-order valence-electron chi connectivity index (χ4n) is 2.71. The van der Waals surface area contributed by atoms with Crippen LogP contribution in [0.15, 0.2) is 24.3 Å². The largest absolute Gasteiger partial charge is 0.352 e. The Morgan fingerprint density at radius 2 is 1.83 bits per heavy atom. The molecule has 1 aliphatic heterocycles. The van der Waals surface area contributed by atoms with Gasteiger partial charge < -0.3 is 15.5 Å². The van der Waals surface area contributed by atoms with Crippen molar-refractivity contribution >= 4 is 11.8 Å². The third-order valence-electron chi connectivity index (χ3n) is 4.24. The summed E-state index contributed by atoms with van der Waals surface area (Å²) in [5.74, 6) is -0.0545. The van der Waals surface area contributed by atoms with Gasteiger partial charge >= 0.3 is 0 Å². The van der Waals surface area contributed by atoms with Crippen LogP contribution in [0.5, 0.6) is 0 Å². The van der Waals surface area contributed by atoms with E-state index in [9.17, 15) is 9.59 Å². The second-order valence-corrected chi connectivity index (χ2v) is 7.44. The van der Waals surface area contributed by atoms with Gasteiger partial charge in [0.15, 0.2) is 0 Å². The number of hydrogen-bond acceptors (Lipinski definition) is 3. The molecule has 132 valence electrons. The lowest BCUT2D eigenvalue weighted by molar-refractivity contribution is -0.128. The van der Waals surface area contributed by atoms with Gasteiger partial charge in [0.1, 0.15) is 0 Å². The smallest absolute Gasteiger partial charge is 0.251 e. The van der Waals surface area contributed by atoms with E-state index in [-0.39, 0.29) is 11.8 Å². The minimum absolute atomic E-state index is 0.00275. The first-order valence-corrected chi connectivity index (χ1v) is 8.74. The molecule has 1 saturated heterocycles. The molecule has 2 amide bonds. The number of nitrogens with one attached hydrogen (secondary N) is 2. The summed E-state index contributed by atoms with van der Waals surface area (Å²) in [6.07, 6.45) is 2.52. The second-order valence-electron chi connectivity index (χ2n) is 7.44. The predicted molar refractivity (Wildman–Crippen MR) is 95.8 cm³/mol. The quantitative estimate of drug-likeness (QED) is 0.840. The summed E-state index contributed by atoms with van der Waals surface area (Å²) in [5, 5.41) is 5.88. The Morgan fingerprint density at radius 1 is 1.12 bits per heavy atom. The highest BCUT2D eigenvalue weighted by molar-refractivity contribution is 5.94. The monoisotopic (exact) mass is 331 g/mol. The Hall–Kier alpha value is -1.88. The Labute approximate surface area is 144 Å². The van der Waals surface area contributed by atoms with Crippen molar-refractivity contribution < 1.29 is 9.59 Å². The summed E-state index contributed by atoms with van der Waals surface area (Å²) in [6, 6.07) is 7.42. The van der Waals surface area contributed by atoms with E-state index in [1.165, 1.54) is 12.8 Å². The van der Waals surface area contributed by atoms with Crippen LogP contribution >= 0.6 is 0 Å². The number of hydrogen-bond donors (Lipinski definition) is 2. The zero-order valence-electron chi connectivity index (χ0n) is 15.0. The first-order valence-electron chi connectivity index (χ1n) is 8.74. The highest BCUT2D eigenvalue weighted by Crippen LogP contribution is 2.13. The van der Waals surface area contributed by atoms with Gasteiger partial charge in [-0.05, 0) is 43.6 Å². The van der Waals surface area contributed by atoms with Crippen molar-refractivity contribution in [3.8, 4) is 0 Å². The SMILES string of the molecule is CC(C)(C)C(=O)NCc1cccc(C(=O)NCCN2CCCC2)c1. The van der Waals surface area contributed by atoms with E-state index in [0.29, 0.717) is 18.7 Å². The number of amides is 2. The molecule has 2 N–H and O–H groups in total. The molecule has 0 spiro atoms. The summed E-state index contributed by atoms with van der Waals surface area (Å²) < 4.78 is 0. The lowest BCUT2D eigenvalue weighted by atomic mass is 9.95. The molecule has 2 rings (SSSR count). The fourth-order valence-corrected chi connectivity index (χ4v) is 2.71. The van der Waals surface area contributed by atoms with Gasteiger partial charge in [-0.15, -0.1) is 0 Å². The van der Waals surface area contributed by atoms with Crippen LogP contribution in [0.1, 0.15) is 49.5 Å². The normalized spacial score (nSPS) is 15.3. The highest BCUT2D eigenvalue weighted by Gasteiger charge is 2.20. The topological polar surface area (TPSA) is 61.4 Å². The molecule has 0 radical (unpaired) electrons. The first-order chi connectivity index (χ1) is 11.4. The van der Waals surface area contributed by atoms with Crippen molar-refractivity contribution in [3.05, 3.63) is 35.4 Å². The van der Waals surface area contributed by atoms with E-state index in [1.807, 2.05) is 39.0 Å². The van der Waals surface area contributed by atoms with Crippen LogP contribution in [0.25, 0.3) is 0 Å². The van der Waals surface area contributed by atoms with Gasteiger partial charge in [-0.25, -0.2) is 0 Å². The van der Waals surface area contributed by atoms with Crippen molar-refractivity contribution in [1.82, 2.24) is 15.5 Å². The van der Waals surface area contributed by atoms with Crippen molar-refractivity contribution in [1.29, 1.82) is 0 Å². The van der Waals surface area contributed by atoms with E-state index in [0.717, 1.165) is 25.2 Å². The number of nitrogens with zero attached hydrogens (tertiary/aromatic N) is 1. The molecule has 5 heteroatoms. The molecule has 1 aliphatic rings. The Kier molecular flexibility index (Phi) is 6.37. The van der Waals surface area contributed by atoms with Crippen LogP contribution < -0.4 is 10.6 Å². The van der Waals surface area contributed by atoms with Crippen LogP contribution in [-0.4, -0.2) is 42.9 Å². The molecule has 0 bridgehead atoms. The van der Waals surface area contributed by atoms with Crippen LogP contribution in [0, 0.1) is 5.41 Å². The molecule has 1 fully saturated rings. The summed E-state index contributed by atoms with van der Waals surface area (Å²) >= 11 is 0. The fraction of sp³-hybridized carbons (Fsp3) is 0.579. The molecule has 5 nitrogen and oxygen atoms in total. The summed E-state index contributed by atoms with van der Waals surface area (Å²) in [5.41, 5.74) is 1.16. The minimum atomic E-state index is -0.412. The van der Waals surface area contributed by atoms with Gasteiger partial charge in [0.2, 0.25) is 5.91 Å². The lowest BCUT2D eigenvalue weighted by Gasteiger charge is -2.18. The number of likely N-dealkylation sites (tertiary alicyclic amines) is 1. The summed E-state index contributed by atoms with van der Waals surface area (Å²) in [6.45, 7) is 9.94. The van der Waals surface area contributed by atoms with Gasteiger partial charge in [-0.3, -0.25) is 9.59 Å². The first kappa shape index (κ1) is 18.5. The number of benzene rings is 1. The Bertz CT molecular complexity index is 572. The molecule has 0 saturated carbocycles. The van der Waals surface area contributed by atoms with Gasteiger partial charge in [0, 0.05) is 30.6 Å². The standard InChI is InChI=1S/C19H29N3O2/c1-19(2,3)18(24)21-14-15-7-6-8-16(13-15)17(23)20-9-12-22-10-4-5-11-22/h6-8,13H,4-5,9-12,14H2,1-3H3,(H,20,23)(H,21,24). The zero-order valence-corrected chi connectivity index (χ0v) is 15.0. The van der Waals surface area contributed by atoms with Crippen molar-refractivity contribution in [3.63, 3.8) is 0 Å².